The Bertz CT molecular complexity index is 577. The fraction of sp³-hybridized carbons (Fsp3) is 0.273. The van der Waals surface area contributed by atoms with E-state index < -0.39 is 12.0 Å². The highest BCUT2D eigenvalue weighted by molar-refractivity contribution is 5.84. The monoisotopic (exact) mass is 235 g/mol. The minimum atomic E-state index is -1.14. The molecule has 0 amide bonds. The number of carbonyl (C=O) groups is 1. The summed E-state index contributed by atoms with van der Waals surface area (Å²) in [4.78, 5) is 15.1. The first-order valence-corrected chi connectivity index (χ1v) is 5.04. The highest BCUT2D eigenvalue weighted by atomic mass is 16.5. The van der Waals surface area contributed by atoms with Crippen molar-refractivity contribution in [3.63, 3.8) is 0 Å². The molecule has 0 spiro atoms. The molecular formula is C11H13N3O3. The zero-order valence-electron chi connectivity index (χ0n) is 9.54. The van der Waals surface area contributed by atoms with Gasteiger partial charge in [-0.1, -0.05) is 6.07 Å². The van der Waals surface area contributed by atoms with Gasteiger partial charge in [-0.05, 0) is 12.1 Å². The van der Waals surface area contributed by atoms with Gasteiger partial charge < -0.3 is 20.1 Å². The van der Waals surface area contributed by atoms with Crippen molar-refractivity contribution in [2.75, 3.05) is 7.11 Å². The van der Waals surface area contributed by atoms with Gasteiger partial charge in [0.2, 0.25) is 0 Å². The van der Waals surface area contributed by atoms with Gasteiger partial charge in [0.1, 0.15) is 17.1 Å². The number of ether oxygens (including phenoxy) is 1. The number of aryl methyl sites for hydroxylation is 1. The number of aliphatic carboxylic acids is 1. The molecule has 6 nitrogen and oxygen atoms in total. The van der Waals surface area contributed by atoms with Crippen molar-refractivity contribution in [3.8, 4) is 5.75 Å². The van der Waals surface area contributed by atoms with Crippen LogP contribution >= 0.6 is 0 Å². The smallest absolute Gasteiger partial charge is 0.328 e. The van der Waals surface area contributed by atoms with E-state index >= 15 is 0 Å². The van der Waals surface area contributed by atoms with E-state index in [0.29, 0.717) is 17.1 Å². The maximum atomic E-state index is 10.9. The van der Waals surface area contributed by atoms with Crippen molar-refractivity contribution in [1.29, 1.82) is 0 Å². The second-order valence-corrected chi connectivity index (χ2v) is 3.67. The normalized spacial score (nSPS) is 12.6. The summed E-state index contributed by atoms with van der Waals surface area (Å²) < 4.78 is 6.84. The highest BCUT2D eigenvalue weighted by Gasteiger charge is 2.22. The summed E-state index contributed by atoms with van der Waals surface area (Å²) in [5, 5.41) is 8.90. The summed E-state index contributed by atoms with van der Waals surface area (Å²) in [6.07, 6.45) is 0. The number of methoxy groups -OCH3 is 1. The van der Waals surface area contributed by atoms with E-state index in [2.05, 4.69) is 4.98 Å². The minimum absolute atomic E-state index is 0.303. The van der Waals surface area contributed by atoms with Crippen LogP contribution in [0.3, 0.4) is 0 Å². The van der Waals surface area contributed by atoms with Gasteiger partial charge in [0.15, 0.2) is 6.04 Å². The lowest BCUT2D eigenvalue weighted by Crippen LogP contribution is -2.23. The van der Waals surface area contributed by atoms with Crippen molar-refractivity contribution in [2.24, 2.45) is 12.8 Å². The third kappa shape index (κ3) is 1.72. The van der Waals surface area contributed by atoms with E-state index in [1.54, 1.807) is 24.8 Å². The molecule has 0 bridgehead atoms. The van der Waals surface area contributed by atoms with Gasteiger partial charge in [-0.3, -0.25) is 4.79 Å². The lowest BCUT2D eigenvalue weighted by molar-refractivity contribution is -0.138. The van der Waals surface area contributed by atoms with Crippen molar-refractivity contribution >= 4 is 17.0 Å². The van der Waals surface area contributed by atoms with Gasteiger partial charge in [0.25, 0.3) is 0 Å². The van der Waals surface area contributed by atoms with Crippen LogP contribution in [0.25, 0.3) is 11.0 Å². The molecule has 0 aliphatic carbocycles. The third-order valence-corrected chi connectivity index (χ3v) is 2.67. The highest BCUT2D eigenvalue weighted by Crippen LogP contribution is 2.26. The molecule has 6 heteroatoms. The maximum absolute atomic E-state index is 10.9. The van der Waals surface area contributed by atoms with Gasteiger partial charge in [-0.25, -0.2) is 4.98 Å². The molecule has 0 aliphatic rings. The van der Waals surface area contributed by atoms with Crippen LogP contribution < -0.4 is 10.5 Å². The fourth-order valence-electron chi connectivity index (χ4n) is 1.76. The predicted octanol–water partition coefficient (Wildman–Crippen LogP) is 0.666. The van der Waals surface area contributed by atoms with E-state index in [4.69, 9.17) is 15.6 Å². The summed E-state index contributed by atoms with van der Waals surface area (Å²) in [6.45, 7) is 0. The van der Waals surface area contributed by atoms with Crippen LogP contribution in [0, 0.1) is 0 Å². The van der Waals surface area contributed by atoms with Crippen molar-refractivity contribution in [3.05, 3.63) is 24.0 Å². The number of benzene rings is 1. The number of para-hydroxylation sites is 1. The fourth-order valence-corrected chi connectivity index (χ4v) is 1.76. The number of hydrogen-bond donors (Lipinski definition) is 2. The summed E-state index contributed by atoms with van der Waals surface area (Å²) in [5.74, 6) is -0.207. The van der Waals surface area contributed by atoms with E-state index in [0.717, 1.165) is 5.52 Å². The van der Waals surface area contributed by atoms with Crippen molar-refractivity contribution in [1.82, 2.24) is 9.55 Å². The van der Waals surface area contributed by atoms with Gasteiger partial charge >= 0.3 is 5.97 Å². The van der Waals surface area contributed by atoms with E-state index in [9.17, 15) is 4.79 Å². The number of nitrogens with zero attached hydrogens (tertiary/aromatic N) is 2. The zero-order chi connectivity index (χ0) is 12.6. The Balaban J connectivity index is 2.68. The molecule has 2 aromatic rings. The minimum Gasteiger partial charge on any atom is -0.494 e. The molecule has 1 aromatic heterocycles. The molecule has 90 valence electrons. The Kier molecular flexibility index (Phi) is 2.72. The lowest BCUT2D eigenvalue weighted by Gasteiger charge is -2.05. The van der Waals surface area contributed by atoms with E-state index in [1.165, 1.54) is 0 Å². The van der Waals surface area contributed by atoms with Crippen LogP contribution in [0.4, 0.5) is 0 Å². The number of carboxylic acids is 1. The molecule has 0 radical (unpaired) electrons. The summed E-state index contributed by atoms with van der Waals surface area (Å²) >= 11 is 0. The quantitative estimate of drug-likeness (QED) is 0.815. The number of carboxylic acid groups (broad SMARTS) is 1. The third-order valence-electron chi connectivity index (χ3n) is 2.67. The standard InChI is InChI=1S/C11H13N3O3/c1-14-6-4-3-5-7(17-2)9(6)13-10(14)8(12)11(15)16/h3-5,8H,12H2,1-2H3,(H,15,16). The number of imidazole rings is 1. The first kappa shape index (κ1) is 11.4. The molecule has 1 atom stereocenters. The maximum Gasteiger partial charge on any atom is 0.328 e. The number of aromatic nitrogens is 2. The topological polar surface area (TPSA) is 90.4 Å². The van der Waals surface area contributed by atoms with Crippen LogP contribution in [0.15, 0.2) is 18.2 Å². The SMILES string of the molecule is COc1cccc2c1nc(C(N)C(=O)O)n2C. The van der Waals surface area contributed by atoms with Crippen LogP contribution in [-0.2, 0) is 11.8 Å². The second-order valence-electron chi connectivity index (χ2n) is 3.67. The molecule has 0 saturated carbocycles. The molecule has 0 saturated heterocycles. The van der Waals surface area contributed by atoms with E-state index in [-0.39, 0.29) is 0 Å². The van der Waals surface area contributed by atoms with Gasteiger partial charge in [0.05, 0.1) is 12.6 Å². The van der Waals surface area contributed by atoms with E-state index in [1.807, 2.05) is 12.1 Å². The van der Waals surface area contributed by atoms with Crippen LogP contribution in [0.2, 0.25) is 0 Å². The molecule has 17 heavy (non-hydrogen) atoms. The summed E-state index contributed by atoms with van der Waals surface area (Å²) in [6, 6.07) is 4.28. The molecule has 2 rings (SSSR count). The molecular weight excluding hydrogens is 222 g/mol. The molecule has 0 aliphatic heterocycles. The number of rotatable bonds is 3. The second kappa shape index (κ2) is 4.06. The van der Waals surface area contributed by atoms with Crippen molar-refractivity contribution < 1.29 is 14.6 Å². The Morgan fingerprint density at radius 3 is 2.88 bits per heavy atom. The number of hydrogen-bond acceptors (Lipinski definition) is 4. The average molecular weight is 235 g/mol. The van der Waals surface area contributed by atoms with Crippen molar-refractivity contribution in [2.45, 2.75) is 6.04 Å². The first-order chi connectivity index (χ1) is 8.06. The number of nitrogens with two attached hydrogens (primary N) is 1. The molecule has 3 N–H and O–H groups in total. The molecule has 1 aromatic carbocycles. The largest absolute Gasteiger partial charge is 0.494 e. The van der Waals surface area contributed by atoms with Gasteiger partial charge in [0, 0.05) is 7.05 Å². The van der Waals surface area contributed by atoms with Crippen LogP contribution in [0.1, 0.15) is 11.9 Å². The van der Waals surface area contributed by atoms with Gasteiger partial charge in [-0.2, -0.15) is 0 Å². The Hall–Kier alpha value is -2.08. The average Bonchev–Trinajstić information content (AvgIpc) is 2.66. The first-order valence-electron chi connectivity index (χ1n) is 5.04. The summed E-state index contributed by atoms with van der Waals surface area (Å²) in [7, 11) is 3.27. The Morgan fingerprint density at radius 1 is 1.59 bits per heavy atom. The zero-order valence-corrected chi connectivity index (χ0v) is 9.54. The Morgan fingerprint density at radius 2 is 2.29 bits per heavy atom. The Labute approximate surface area is 97.6 Å². The number of fused-ring (bicyclic) bond motifs is 1. The van der Waals surface area contributed by atoms with Crippen LogP contribution in [-0.4, -0.2) is 27.7 Å². The lowest BCUT2D eigenvalue weighted by atomic mass is 10.3. The van der Waals surface area contributed by atoms with Crippen LogP contribution in [0.5, 0.6) is 5.75 Å². The predicted molar refractivity (Wildman–Crippen MR) is 61.8 cm³/mol. The molecule has 1 heterocycles. The molecule has 1 unspecified atom stereocenters. The van der Waals surface area contributed by atoms with Gasteiger partial charge in [-0.15, -0.1) is 0 Å². The molecule has 0 fully saturated rings. The summed E-state index contributed by atoms with van der Waals surface area (Å²) in [5.41, 5.74) is 6.97.